The first-order valence-corrected chi connectivity index (χ1v) is 13.7. The second-order valence-corrected chi connectivity index (χ2v) is 7.66. The second-order valence-electron chi connectivity index (χ2n) is 6.52. The first-order chi connectivity index (χ1) is 15.5. The fraction of sp³-hybridized carbons (Fsp3) is 0.548. The van der Waals surface area contributed by atoms with Crippen LogP contribution in [0.4, 0.5) is 0 Å². The van der Waals surface area contributed by atoms with Crippen LogP contribution in [0.25, 0.3) is 5.57 Å². The van der Waals surface area contributed by atoms with Gasteiger partial charge in [-0.05, 0) is 62.3 Å². The van der Waals surface area contributed by atoms with E-state index in [1.165, 1.54) is 20.9 Å². The maximum absolute atomic E-state index is 2.28. The van der Waals surface area contributed by atoms with Gasteiger partial charge < -0.3 is 0 Å². The molecule has 1 aromatic carbocycles. The molecule has 1 rings (SSSR count). The summed E-state index contributed by atoms with van der Waals surface area (Å²) in [4.78, 5) is 2.64. The highest BCUT2D eigenvalue weighted by molar-refractivity contribution is 8.03. The average Bonchev–Trinajstić information content (AvgIpc) is 2.82. The zero-order valence-corrected chi connectivity index (χ0v) is 24.7. The number of allylic oxidation sites excluding steroid dienone is 7. The van der Waals surface area contributed by atoms with Gasteiger partial charge in [-0.25, -0.2) is 0 Å². The van der Waals surface area contributed by atoms with Crippen molar-refractivity contribution < 1.29 is 0 Å². The van der Waals surface area contributed by atoms with Crippen LogP contribution in [0.2, 0.25) is 0 Å². The van der Waals surface area contributed by atoms with Crippen LogP contribution in [0.1, 0.15) is 115 Å². The first-order valence-electron chi connectivity index (χ1n) is 12.9. The van der Waals surface area contributed by atoms with E-state index < -0.39 is 0 Å². The SMILES string of the molecule is C/C=C\C(C)C.CC.CC.CC.CC/C=C\C(=C/CC)Sc1ccc(/C(C)=C/CC)cc1. The molecule has 0 radical (unpaired) electrons. The molecule has 0 aliphatic carbocycles. The lowest BCUT2D eigenvalue weighted by atomic mass is 10.1. The van der Waals surface area contributed by atoms with Gasteiger partial charge in [-0.1, -0.05) is 137 Å². The summed E-state index contributed by atoms with van der Waals surface area (Å²) in [6.45, 7) is 27.1. The molecule has 0 atom stereocenters. The van der Waals surface area contributed by atoms with Crippen molar-refractivity contribution >= 4 is 17.3 Å². The summed E-state index contributed by atoms with van der Waals surface area (Å²) in [7, 11) is 0. The van der Waals surface area contributed by atoms with Crippen molar-refractivity contribution in [2.24, 2.45) is 5.92 Å². The molecule has 186 valence electrons. The van der Waals surface area contributed by atoms with Gasteiger partial charge in [-0.2, -0.15) is 0 Å². The molecule has 0 aromatic heterocycles. The van der Waals surface area contributed by atoms with Crippen LogP contribution in [0.3, 0.4) is 0 Å². The Morgan fingerprint density at radius 3 is 1.66 bits per heavy atom. The van der Waals surface area contributed by atoms with Crippen molar-refractivity contribution in [3.05, 3.63) is 71.2 Å². The highest BCUT2D eigenvalue weighted by atomic mass is 32.2. The topological polar surface area (TPSA) is 0 Å². The Kier molecular flexibility index (Phi) is 37.5. The van der Waals surface area contributed by atoms with Gasteiger partial charge in [0.25, 0.3) is 0 Å². The summed E-state index contributed by atoms with van der Waals surface area (Å²) in [6, 6.07) is 8.88. The van der Waals surface area contributed by atoms with Crippen molar-refractivity contribution in [3.63, 3.8) is 0 Å². The van der Waals surface area contributed by atoms with Crippen molar-refractivity contribution in [1.82, 2.24) is 0 Å². The van der Waals surface area contributed by atoms with E-state index in [2.05, 4.69) is 102 Å². The summed E-state index contributed by atoms with van der Waals surface area (Å²) in [5, 5.41) is 0. The summed E-state index contributed by atoms with van der Waals surface area (Å²) in [6.07, 6.45) is 16.5. The molecule has 32 heavy (non-hydrogen) atoms. The Labute approximate surface area is 208 Å². The largest absolute Gasteiger partial charge is 0.0914 e. The summed E-state index contributed by atoms with van der Waals surface area (Å²) in [5.41, 5.74) is 2.68. The normalized spacial score (nSPS) is 10.9. The van der Waals surface area contributed by atoms with E-state index >= 15 is 0 Å². The standard InChI is InChI=1S/C19H26S.C6H12.3C2H6/c1-5-8-11-18(10-7-3)20-19-14-12-17(13-15-19)16(4)9-6-2;1-4-5-6(2)3;3*1-2/h8-15H,5-7H2,1-4H3;4-6H,1-3H3;3*1-2H3/b11-8-,16-9+,18-10+;5-4-;;;. The van der Waals surface area contributed by atoms with Crippen LogP contribution in [0.5, 0.6) is 0 Å². The maximum atomic E-state index is 2.28. The van der Waals surface area contributed by atoms with Crippen molar-refractivity contribution in [3.8, 4) is 0 Å². The first kappa shape index (κ1) is 37.8. The Bertz CT molecular complexity index is 583. The van der Waals surface area contributed by atoms with E-state index in [1.807, 2.05) is 60.2 Å². The molecular formula is C31H56S. The molecule has 0 nitrogen and oxygen atoms in total. The molecule has 0 bridgehead atoms. The fourth-order valence-corrected chi connectivity index (χ4v) is 3.27. The van der Waals surface area contributed by atoms with Crippen molar-refractivity contribution in [2.45, 2.75) is 114 Å². The smallest absolute Gasteiger partial charge is 0.0122 e. The third-order valence-electron chi connectivity index (χ3n) is 3.56. The maximum Gasteiger partial charge on any atom is 0.0122 e. The monoisotopic (exact) mass is 460 g/mol. The van der Waals surface area contributed by atoms with E-state index in [0.717, 1.165) is 25.2 Å². The molecule has 0 spiro atoms. The van der Waals surface area contributed by atoms with Gasteiger partial charge in [0.15, 0.2) is 0 Å². The highest BCUT2D eigenvalue weighted by Crippen LogP contribution is 2.29. The molecule has 0 heterocycles. The summed E-state index contributed by atoms with van der Waals surface area (Å²) < 4.78 is 0. The van der Waals surface area contributed by atoms with E-state index in [0.29, 0.717) is 0 Å². The molecule has 0 amide bonds. The molecule has 0 saturated heterocycles. The van der Waals surface area contributed by atoms with Gasteiger partial charge in [-0.3, -0.25) is 0 Å². The quantitative estimate of drug-likeness (QED) is 0.211. The molecule has 0 N–H and O–H groups in total. The lowest BCUT2D eigenvalue weighted by molar-refractivity contribution is 0.830. The number of hydrogen-bond acceptors (Lipinski definition) is 1. The molecule has 0 unspecified atom stereocenters. The third kappa shape index (κ3) is 24.8. The van der Waals surface area contributed by atoms with E-state index in [1.54, 1.807) is 0 Å². The molecule has 0 aliphatic rings. The predicted octanol–water partition coefficient (Wildman–Crippen LogP) is 12.1. The minimum atomic E-state index is 0.718. The minimum Gasteiger partial charge on any atom is -0.0914 e. The van der Waals surface area contributed by atoms with Crippen LogP contribution in [-0.2, 0) is 0 Å². The van der Waals surface area contributed by atoms with Gasteiger partial charge >= 0.3 is 0 Å². The molecule has 1 aromatic rings. The lowest BCUT2D eigenvalue weighted by Crippen LogP contribution is -1.80. The zero-order valence-electron chi connectivity index (χ0n) is 23.9. The van der Waals surface area contributed by atoms with Crippen LogP contribution in [0, 0.1) is 5.92 Å². The van der Waals surface area contributed by atoms with Crippen molar-refractivity contribution in [2.75, 3.05) is 0 Å². The minimum absolute atomic E-state index is 0.718. The summed E-state index contributed by atoms with van der Waals surface area (Å²) in [5.74, 6) is 0.718. The van der Waals surface area contributed by atoms with Crippen molar-refractivity contribution in [1.29, 1.82) is 0 Å². The average molecular weight is 461 g/mol. The molecule has 0 aliphatic heterocycles. The Balaban J connectivity index is -0.000000274. The Hall–Kier alpha value is -1.47. The molecular weight excluding hydrogens is 404 g/mol. The van der Waals surface area contributed by atoms with Gasteiger partial charge in [0.2, 0.25) is 0 Å². The molecule has 1 heteroatoms. The van der Waals surface area contributed by atoms with E-state index in [4.69, 9.17) is 0 Å². The van der Waals surface area contributed by atoms with E-state index in [-0.39, 0.29) is 0 Å². The van der Waals surface area contributed by atoms with Crippen LogP contribution >= 0.6 is 11.8 Å². The number of thioether (sulfide) groups is 1. The Morgan fingerprint density at radius 1 is 0.812 bits per heavy atom. The van der Waals surface area contributed by atoms with Crippen LogP contribution in [0.15, 0.2) is 70.5 Å². The fourth-order valence-electron chi connectivity index (χ4n) is 2.31. The third-order valence-corrected chi connectivity index (χ3v) is 4.60. The molecule has 0 fully saturated rings. The van der Waals surface area contributed by atoms with Gasteiger partial charge in [0, 0.05) is 9.80 Å². The van der Waals surface area contributed by atoms with Gasteiger partial charge in [0.1, 0.15) is 0 Å². The van der Waals surface area contributed by atoms with Crippen LogP contribution < -0.4 is 0 Å². The summed E-state index contributed by atoms with van der Waals surface area (Å²) >= 11 is 1.84. The van der Waals surface area contributed by atoms with Crippen LogP contribution in [-0.4, -0.2) is 0 Å². The number of rotatable bonds is 8. The zero-order chi connectivity index (χ0) is 25.8. The highest BCUT2D eigenvalue weighted by Gasteiger charge is 1.99. The van der Waals surface area contributed by atoms with E-state index in [9.17, 15) is 0 Å². The Morgan fingerprint density at radius 2 is 1.31 bits per heavy atom. The lowest BCUT2D eigenvalue weighted by Gasteiger charge is -2.05. The number of hydrogen-bond donors (Lipinski definition) is 0. The second kappa shape index (κ2) is 31.7. The predicted molar refractivity (Wildman–Crippen MR) is 158 cm³/mol. The molecule has 0 saturated carbocycles. The van der Waals surface area contributed by atoms with Gasteiger partial charge in [-0.15, -0.1) is 0 Å². The van der Waals surface area contributed by atoms with Gasteiger partial charge in [0.05, 0.1) is 0 Å². The number of benzene rings is 1.